The molecule has 1 N–H and O–H groups in total. The number of benzene rings is 2. The number of nitrogens with zero attached hydrogens (tertiary/aromatic N) is 3. The molecule has 1 unspecified atom stereocenters. The van der Waals surface area contributed by atoms with Gasteiger partial charge in [0, 0.05) is 11.4 Å². The van der Waals surface area contributed by atoms with Gasteiger partial charge in [-0.3, -0.25) is 0 Å². The van der Waals surface area contributed by atoms with Gasteiger partial charge < -0.3 is 19.5 Å². The van der Waals surface area contributed by atoms with Crippen molar-refractivity contribution in [2.75, 3.05) is 12.4 Å². The number of nitrogens with one attached hydrogen (secondary N) is 1. The molecule has 1 saturated carbocycles. The number of anilines is 1. The first-order valence-electron chi connectivity index (χ1n) is 13.8. The Morgan fingerprint density at radius 3 is 2.68 bits per heavy atom. The lowest BCUT2D eigenvalue weighted by molar-refractivity contribution is -0.146. The molecule has 0 bridgehead atoms. The molecule has 1 aliphatic heterocycles. The Morgan fingerprint density at radius 2 is 1.98 bits per heavy atom. The van der Waals surface area contributed by atoms with Crippen molar-refractivity contribution in [1.29, 1.82) is 0 Å². The van der Waals surface area contributed by atoms with Gasteiger partial charge in [0.15, 0.2) is 11.5 Å². The number of ether oxygens (including phenoxy) is 3. The molecule has 0 radical (unpaired) electrons. The van der Waals surface area contributed by atoms with Crippen molar-refractivity contribution in [3.63, 3.8) is 0 Å². The average Bonchev–Trinajstić information content (AvgIpc) is 3.35. The number of hydrogen-bond acceptors (Lipinski definition) is 8. The maximum atomic E-state index is 14.3. The standard InChI is InChI=1S/C30H34BrFN4O4S/c1-17(2)39-27-22(31)14-20(15-24(27)38-4)26-25(28(37)40-21-11-6-5-7-12-21)18(3)33-29-34-30(35-36(26)29)41-16-19-10-8-9-13-23(19)32/h8-10,13-15,17,21,26H,5-7,11-12,16H2,1-4H3,(H,33,34,35). The van der Waals surface area contributed by atoms with Gasteiger partial charge in [0.2, 0.25) is 11.1 Å². The van der Waals surface area contributed by atoms with E-state index >= 15 is 0 Å². The van der Waals surface area contributed by atoms with Gasteiger partial charge in [-0.1, -0.05) is 36.4 Å². The number of rotatable bonds is 9. The van der Waals surface area contributed by atoms with Gasteiger partial charge in [-0.05, 0) is 91.7 Å². The normalized spacial score (nSPS) is 17.3. The third kappa shape index (κ3) is 6.56. The van der Waals surface area contributed by atoms with Crippen molar-refractivity contribution in [2.24, 2.45) is 0 Å². The topological polar surface area (TPSA) is 87.5 Å². The van der Waals surface area contributed by atoms with Crippen molar-refractivity contribution in [2.45, 2.75) is 82.0 Å². The third-order valence-corrected chi connectivity index (χ3v) is 8.59. The Balaban J connectivity index is 1.54. The third-order valence-electron chi connectivity index (χ3n) is 7.11. The SMILES string of the molecule is COc1cc(C2C(C(=O)OC3CCCCC3)=C(C)Nc3nc(SCc4ccccc4F)nn32)cc(Br)c1OC(C)C. The van der Waals surface area contributed by atoms with Crippen LogP contribution >= 0.6 is 27.7 Å². The number of methoxy groups -OCH3 is 1. The predicted molar refractivity (Wildman–Crippen MR) is 160 cm³/mol. The van der Waals surface area contributed by atoms with E-state index in [1.165, 1.54) is 17.8 Å². The second-order valence-corrected chi connectivity index (χ2v) is 12.3. The molecule has 2 aliphatic rings. The van der Waals surface area contributed by atoms with Crippen LogP contribution in [0.1, 0.15) is 70.0 Å². The minimum Gasteiger partial charge on any atom is -0.493 e. The fourth-order valence-corrected chi connectivity index (χ4v) is 6.54. The van der Waals surface area contributed by atoms with E-state index in [4.69, 9.17) is 19.3 Å². The molecule has 1 atom stereocenters. The number of halogens is 2. The van der Waals surface area contributed by atoms with Gasteiger partial charge in [-0.25, -0.2) is 13.9 Å². The zero-order chi connectivity index (χ0) is 29.1. The van der Waals surface area contributed by atoms with Crippen molar-refractivity contribution in [1.82, 2.24) is 14.8 Å². The molecule has 1 fully saturated rings. The molecule has 0 saturated heterocycles. The summed E-state index contributed by atoms with van der Waals surface area (Å²) >= 11 is 4.98. The Morgan fingerprint density at radius 1 is 1.22 bits per heavy atom. The fourth-order valence-electron chi connectivity index (χ4n) is 5.17. The number of esters is 1. The molecule has 2 aromatic carbocycles. The monoisotopic (exact) mass is 644 g/mol. The first kappa shape index (κ1) is 29.4. The van der Waals surface area contributed by atoms with E-state index in [1.54, 1.807) is 30.0 Å². The van der Waals surface area contributed by atoms with Gasteiger partial charge in [-0.2, -0.15) is 4.98 Å². The lowest BCUT2D eigenvalue weighted by atomic mass is 9.94. The molecule has 0 amide bonds. The second kappa shape index (κ2) is 12.9. The van der Waals surface area contributed by atoms with Crippen molar-refractivity contribution < 1.29 is 23.4 Å². The highest BCUT2D eigenvalue weighted by molar-refractivity contribution is 9.10. The minimum atomic E-state index is -0.643. The van der Waals surface area contributed by atoms with Crippen molar-refractivity contribution >= 4 is 39.6 Å². The van der Waals surface area contributed by atoms with Crippen LogP contribution in [0.2, 0.25) is 0 Å². The van der Waals surface area contributed by atoms with Gasteiger partial charge in [0.05, 0.1) is 23.3 Å². The number of hydrogen-bond donors (Lipinski definition) is 1. The Hall–Kier alpha value is -3.05. The Bertz CT molecular complexity index is 1450. The highest BCUT2D eigenvalue weighted by Gasteiger charge is 2.37. The molecule has 41 heavy (non-hydrogen) atoms. The molecule has 3 aromatic rings. The number of carbonyl (C=O) groups is 1. The number of allylic oxidation sites excluding steroid dienone is 1. The molecule has 0 spiro atoms. The van der Waals surface area contributed by atoms with Crippen LogP contribution in [0.3, 0.4) is 0 Å². The Kier molecular flexibility index (Phi) is 9.23. The highest BCUT2D eigenvalue weighted by atomic mass is 79.9. The molecule has 2 heterocycles. The van der Waals surface area contributed by atoms with Crippen molar-refractivity contribution in [3.8, 4) is 11.5 Å². The van der Waals surface area contributed by atoms with E-state index in [-0.39, 0.29) is 24.0 Å². The maximum Gasteiger partial charge on any atom is 0.338 e. The molecule has 8 nitrogen and oxygen atoms in total. The smallest absolute Gasteiger partial charge is 0.338 e. The highest BCUT2D eigenvalue weighted by Crippen LogP contribution is 2.44. The molecule has 11 heteroatoms. The summed E-state index contributed by atoms with van der Waals surface area (Å²) < 4.78 is 34.4. The summed E-state index contributed by atoms with van der Waals surface area (Å²) in [5, 5.41) is 8.49. The summed E-state index contributed by atoms with van der Waals surface area (Å²) in [6.07, 6.45) is 4.82. The summed E-state index contributed by atoms with van der Waals surface area (Å²) in [5.74, 6) is 1.29. The molecular formula is C30H34BrFN4O4S. The van der Waals surface area contributed by atoms with E-state index in [1.807, 2.05) is 32.9 Å². The molecule has 218 valence electrons. The van der Waals surface area contributed by atoms with E-state index in [0.29, 0.717) is 49.7 Å². The van der Waals surface area contributed by atoms with Crippen LogP contribution in [0.5, 0.6) is 11.5 Å². The first-order valence-corrected chi connectivity index (χ1v) is 15.6. The number of carbonyl (C=O) groups excluding carboxylic acids is 1. The van der Waals surface area contributed by atoms with Gasteiger partial charge in [0.1, 0.15) is 18.0 Å². The maximum absolute atomic E-state index is 14.3. The Labute approximate surface area is 252 Å². The van der Waals surface area contributed by atoms with E-state index < -0.39 is 6.04 Å². The molecule has 1 aromatic heterocycles. The largest absolute Gasteiger partial charge is 0.493 e. The quantitative estimate of drug-likeness (QED) is 0.190. The van der Waals surface area contributed by atoms with Crippen molar-refractivity contribution in [3.05, 3.63) is 69.1 Å². The van der Waals surface area contributed by atoms with E-state index in [2.05, 4.69) is 26.2 Å². The summed E-state index contributed by atoms with van der Waals surface area (Å²) in [5.41, 5.74) is 2.40. The lowest BCUT2D eigenvalue weighted by Gasteiger charge is -2.30. The summed E-state index contributed by atoms with van der Waals surface area (Å²) in [4.78, 5) is 18.5. The number of thioether (sulfide) groups is 1. The summed E-state index contributed by atoms with van der Waals surface area (Å²) in [6, 6.07) is 9.78. The second-order valence-electron chi connectivity index (χ2n) is 10.5. The van der Waals surface area contributed by atoms with Crippen LogP contribution in [0.15, 0.2) is 57.3 Å². The predicted octanol–water partition coefficient (Wildman–Crippen LogP) is 7.43. The number of aromatic nitrogens is 3. The zero-order valence-corrected chi connectivity index (χ0v) is 26.0. The fraction of sp³-hybridized carbons (Fsp3) is 0.433. The summed E-state index contributed by atoms with van der Waals surface area (Å²) in [7, 11) is 1.58. The van der Waals surface area contributed by atoms with Crippen LogP contribution in [-0.4, -0.2) is 40.1 Å². The molecular weight excluding hydrogens is 611 g/mol. The van der Waals surface area contributed by atoms with Crippen LogP contribution < -0.4 is 14.8 Å². The van der Waals surface area contributed by atoms with Crippen LogP contribution in [-0.2, 0) is 15.3 Å². The van der Waals surface area contributed by atoms with Gasteiger partial charge in [0.25, 0.3) is 0 Å². The van der Waals surface area contributed by atoms with E-state index in [9.17, 15) is 9.18 Å². The average molecular weight is 646 g/mol. The first-order chi connectivity index (χ1) is 19.7. The summed E-state index contributed by atoms with van der Waals surface area (Å²) in [6.45, 7) is 5.73. The molecule has 1 aliphatic carbocycles. The van der Waals surface area contributed by atoms with Crippen LogP contribution in [0.4, 0.5) is 10.3 Å². The number of fused-ring (bicyclic) bond motifs is 1. The minimum absolute atomic E-state index is 0.0657. The van der Waals surface area contributed by atoms with Crippen LogP contribution in [0, 0.1) is 5.82 Å². The zero-order valence-electron chi connectivity index (χ0n) is 23.6. The van der Waals surface area contributed by atoms with Gasteiger partial charge >= 0.3 is 5.97 Å². The van der Waals surface area contributed by atoms with Crippen LogP contribution in [0.25, 0.3) is 0 Å². The van der Waals surface area contributed by atoms with E-state index in [0.717, 1.165) is 37.7 Å². The molecule has 5 rings (SSSR count). The lowest BCUT2D eigenvalue weighted by Crippen LogP contribution is -2.32. The van der Waals surface area contributed by atoms with Gasteiger partial charge in [-0.15, -0.1) is 5.10 Å².